The Morgan fingerprint density at radius 1 is 1.15 bits per heavy atom. The number of nitrogen functional groups attached to an aromatic ring is 1. The van der Waals surface area contributed by atoms with Gasteiger partial charge in [-0.05, 0) is 37.6 Å². The van der Waals surface area contributed by atoms with E-state index in [0.29, 0.717) is 23.7 Å². The van der Waals surface area contributed by atoms with E-state index in [0.717, 1.165) is 12.1 Å². The van der Waals surface area contributed by atoms with Gasteiger partial charge in [-0.1, -0.05) is 0 Å². The minimum atomic E-state index is -0.515. The predicted molar refractivity (Wildman–Crippen MR) is 76.4 cm³/mol. The Morgan fingerprint density at radius 3 is 2.60 bits per heavy atom. The Kier molecular flexibility index (Phi) is 4.08. The molecule has 0 atom stereocenters. The van der Waals surface area contributed by atoms with Crippen molar-refractivity contribution >= 4 is 17.1 Å². The van der Waals surface area contributed by atoms with E-state index in [9.17, 15) is 8.78 Å². The van der Waals surface area contributed by atoms with Crippen LogP contribution in [0.2, 0.25) is 0 Å². The molecule has 0 aliphatic heterocycles. The summed E-state index contributed by atoms with van der Waals surface area (Å²) in [5.74, 6) is -0.474. The van der Waals surface area contributed by atoms with Crippen LogP contribution in [0, 0.1) is 18.6 Å². The van der Waals surface area contributed by atoms with E-state index in [2.05, 4.69) is 5.32 Å². The van der Waals surface area contributed by atoms with E-state index >= 15 is 0 Å². The summed E-state index contributed by atoms with van der Waals surface area (Å²) in [6, 6.07) is 7.25. The summed E-state index contributed by atoms with van der Waals surface area (Å²) in [7, 11) is 0. The molecule has 0 saturated carbocycles. The second-order valence-electron chi connectivity index (χ2n) is 4.39. The highest BCUT2D eigenvalue weighted by atomic mass is 19.1. The number of hydrogen-bond acceptors (Lipinski definition) is 3. The topological polar surface area (TPSA) is 47.3 Å². The van der Waals surface area contributed by atoms with Gasteiger partial charge >= 0.3 is 0 Å². The lowest BCUT2D eigenvalue weighted by atomic mass is 10.2. The molecule has 2 aromatic rings. The maximum absolute atomic E-state index is 13.8. The smallest absolute Gasteiger partial charge is 0.147 e. The van der Waals surface area contributed by atoms with Crippen LogP contribution in [0.1, 0.15) is 12.5 Å². The average molecular weight is 278 g/mol. The zero-order valence-electron chi connectivity index (χ0n) is 11.3. The van der Waals surface area contributed by atoms with Gasteiger partial charge in [-0.3, -0.25) is 0 Å². The van der Waals surface area contributed by atoms with E-state index < -0.39 is 11.6 Å². The summed E-state index contributed by atoms with van der Waals surface area (Å²) in [6.45, 7) is 3.83. The van der Waals surface area contributed by atoms with Crippen molar-refractivity contribution in [2.24, 2.45) is 0 Å². The molecule has 3 N–H and O–H groups in total. The average Bonchev–Trinajstić information content (AvgIpc) is 2.40. The molecule has 0 amide bonds. The van der Waals surface area contributed by atoms with Gasteiger partial charge in [-0.25, -0.2) is 8.78 Å². The van der Waals surface area contributed by atoms with Crippen LogP contribution in [0.5, 0.6) is 5.75 Å². The molecule has 0 spiro atoms. The second kappa shape index (κ2) is 5.77. The molecule has 3 nitrogen and oxygen atoms in total. The molecule has 0 saturated heterocycles. The maximum atomic E-state index is 13.8. The number of anilines is 3. The number of aryl methyl sites for hydroxylation is 1. The molecule has 20 heavy (non-hydrogen) atoms. The third kappa shape index (κ3) is 2.99. The fourth-order valence-corrected chi connectivity index (χ4v) is 1.79. The maximum Gasteiger partial charge on any atom is 0.147 e. The molecular formula is C15H16F2N2O. The highest BCUT2D eigenvalue weighted by Crippen LogP contribution is 2.29. The summed E-state index contributed by atoms with van der Waals surface area (Å²) in [5.41, 5.74) is 7.16. The summed E-state index contributed by atoms with van der Waals surface area (Å²) >= 11 is 0. The Bertz CT molecular complexity index is 630. The zero-order valence-corrected chi connectivity index (χ0v) is 11.3. The molecule has 0 radical (unpaired) electrons. The predicted octanol–water partition coefficient (Wildman–Crippen LogP) is 4.00. The molecule has 0 unspecified atom stereocenters. The minimum absolute atomic E-state index is 0.0697. The van der Waals surface area contributed by atoms with Crippen molar-refractivity contribution < 1.29 is 13.5 Å². The van der Waals surface area contributed by atoms with Gasteiger partial charge in [0.2, 0.25) is 0 Å². The normalized spacial score (nSPS) is 10.4. The van der Waals surface area contributed by atoms with Crippen molar-refractivity contribution in [2.45, 2.75) is 13.8 Å². The molecule has 0 aliphatic carbocycles. The van der Waals surface area contributed by atoms with Crippen LogP contribution in [-0.2, 0) is 0 Å². The van der Waals surface area contributed by atoms with Crippen LogP contribution in [0.25, 0.3) is 0 Å². The molecular weight excluding hydrogens is 262 g/mol. The Balaban J connectivity index is 2.30. The number of rotatable bonds is 4. The SMILES string of the molecule is CCOc1cc(Nc2cc(F)c(C)cc2F)ccc1N. The lowest BCUT2D eigenvalue weighted by Gasteiger charge is -2.12. The van der Waals surface area contributed by atoms with E-state index in [1.54, 1.807) is 18.2 Å². The Hall–Kier alpha value is -2.30. The summed E-state index contributed by atoms with van der Waals surface area (Å²) in [6.07, 6.45) is 0. The lowest BCUT2D eigenvalue weighted by molar-refractivity contribution is 0.342. The number of nitrogens with one attached hydrogen (secondary N) is 1. The van der Waals surface area contributed by atoms with Crippen molar-refractivity contribution in [2.75, 3.05) is 17.7 Å². The van der Waals surface area contributed by atoms with Crippen molar-refractivity contribution in [3.05, 3.63) is 47.5 Å². The largest absolute Gasteiger partial charge is 0.492 e. The van der Waals surface area contributed by atoms with Gasteiger partial charge in [0.05, 0.1) is 18.0 Å². The fraction of sp³-hybridized carbons (Fsp3) is 0.200. The van der Waals surface area contributed by atoms with Crippen LogP contribution in [-0.4, -0.2) is 6.61 Å². The summed E-state index contributed by atoms with van der Waals surface area (Å²) < 4.78 is 32.6. The highest BCUT2D eigenvalue weighted by Gasteiger charge is 2.09. The molecule has 2 rings (SSSR count). The highest BCUT2D eigenvalue weighted by molar-refractivity contribution is 5.67. The zero-order chi connectivity index (χ0) is 14.7. The molecule has 2 aromatic carbocycles. The number of ether oxygens (including phenoxy) is 1. The van der Waals surface area contributed by atoms with Crippen LogP contribution in [0.3, 0.4) is 0 Å². The fourth-order valence-electron chi connectivity index (χ4n) is 1.79. The van der Waals surface area contributed by atoms with Crippen molar-refractivity contribution in [1.82, 2.24) is 0 Å². The monoisotopic (exact) mass is 278 g/mol. The van der Waals surface area contributed by atoms with Crippen LogP contribution in [0.4, 0.5) is 25.8 Å². The van der Waals surface area contributed by atoms with Crippen LogP contribution in [0.15, 0.2) is 30.3 Å². The van der Waals surface area contributed by atoms with Gasteiger partial charge in [0.25, 0.3) is 0 Å². The van der Waals surface area contributed by atoms with Gasteiger partial charge in [0, 0.05) is 17.8 Å². The number of halogens is 2. The van der Waals surface area contributed by atoms with Crippen LogP contribution < -0.4 is 15.8 Å². The van der Waals surface area contributed by atoms with Crippen molar-refractivity contribution in [3.63, 3.8) is 0 Å². The van der Waals surface area contributed by atoms with Gasteiger partial charge in [-0.15, -0.1) is 0 Å². The van der Waals surface area contributed by atoms with Gasteiger partial charge in [0.15, 0.2) is 0 Å². The van der Waals surface area contributed by atoms with Crippen LogP contribution >= 0.6 is 0 Å². The standard InChI is InChI=1S/C15H16F2N2O/c1-3-20-15-7-10(4-5-13(15)18)19-14-8-11(16)9(2)6-12(14)17/h4-8,19H,3,18H2,1-2H3. The second-order valence-corrected chi connectivity index (χ2v) is 4.39. The Morgan fingerprint density at radius 2 is 1.90 bits per heavy atom. The molecule has 0 heterocycles. The molecule has 0 bridgehead atoms. The minimum Gasteiger partial charge on any atom is -0.492 e. The first-order valence-electron chi connectivity index (χ1n) is 6.26. The first kappa shape index (κ1) is 14.1. The quantitative estimate of drug-likeness (QED) is 0.831. The lowest BCUT2D eigenvalue weighted by Crippen LogP contribution is -2.00. The molecule has 106 valence electrons. The summed E-state index contributed by atoms with van der Waals surface area (Å²) in [4.78, 5) is 0. The first-order valence-corrected chi connectivity index (χ1v) is 6.26. The first-order chi connectivity index (χ1) is 9.51. The number of hydrogen-bond donors (Lipinski definition) is 2. The number of benzene rings is 2. The van der Waals surface area contributed by atoms with E-state index in [4.69, 9.17) is 10.5 Å². The third-order valence-corrected chi connectivity index (χ3v) is 2.84. The van der Waals surface area contributed by atoms with Gasteiger partial charge in [-0.2, -0.15) is 0 Å². The summed E-state index contributed by atoms with van der Waals surface area (Å²) in [5, 5.41) is 2.82. The van der Waals surface area contributed by atoms with Gasteiger partial charge in [0.1, 0.15) is 17.4 Å². The molecule has 0 fully saturated rings. The molecule has 0 aliphatic rings. The van der Waals surface area contributed by atoms with E-state index in [1.165, 1.54) is 6.92 Å². The van der Waals surface area contributed by atoms with E-state index in [-0.39, 0.29) is 11.3 Å². The van der Waals surface area contributed by atoms with Crippen molar-refractivity contribution in [1.29, 1.82) is 0 Å². The Labute approximate surface area is 116 Å². The van der Waals surface area contributed by atoms with Crippen molar-refractivity contribution in [3.8, 4) is 5.75 Å². The van der Waals surface area contributed by atoms with E-state index in [1.807, 2.05) is 6.92 Å². The molecule has 0 aromatic heterocycles. The molecule has 5 heteroatoms. The number of nitrogens with two attached hydrogens (primary N) is 1. The van der Waals surface area contributed by atoms with Gasteiger partial charge < -0.3 is 15.8 Å². The third-order valence-electron chi connectivity index (χ3n) is 2.84.